The van der Waals surface area contributed by atoms with Crippen molar-refractivity contribution in [2.75, 3.05) is 19.8 Å². The first-order chi connectivity index (χ1) is 17.3. The number of carboxylic acids is 1. The van der Waals surface area contributed by atoms with Gasteiger partial charge in [0.05, 0.1) is 6.42 Å². The molecule has 36 heavy (non-hydrogen) atoms. The van der Waals surface area contributed by atoms with Gasteiger partial charge in [-0.25, -0.2) is 0 Å². The zero-order valence-corrected chi connectivity index (χ0v) is 21.0. The fourth-order valence-electron chi connectivity index (χ4n) is 5.19. The summed E-state index contributed by atoms with van der Waals surface area (Å²) in [5.41, 5.74) is 8.06. The van der Waals surface area contributed by atoms with E-state index in [9.17, 15) is 14.7 Å². The predicted molar refractivity (Wildman–Crippen MR) is 137 cm³/mol. The average Bonchev–Trinajstić information content (AvgIpc) is 2.87. The molecule has 3 aromatic carbocycles. The largest absolute Gasteiger partial charge is 0.486 e. The second-order valence-corrected chi connectivity index (χ2v) is 9.81. The Balaban J connectivity index is 1.46. The van der Waals surface area contributed by atoms with Crippen molar-refractivity contribution in [3.63, 3.8) is 0 Å². The van der Waals surface area contributed by atoms with Crippen LogP contribution in [-0.4, -0.2) is 41.6 Å². The fourth-order valence-corrected chi connectivity index (χ4v) is 5.19. The predicted octanol–water partition coefficient (Wildman–Crippen LogP) is 5.19. The van der Waals surface area contributed by atoms with Gasteiger partial charge in [-0.3, -0.25) is 9.59 Å². The lowest BCUT2D eigenvalue weighted by Gasteiger charge is -2.30. The third kappa shape index (κ3) is 4.68. The number of rotatable bonds is 5. The van der Waals surface area contributed by atoms with Crippen molar-refractivity contribution in [1.82, 2.24) is 4.90 Å². The third-order valence-electron chi connectivity index (χ3n) is 7.37. The van der Waals surface area contributed by atoms with Crippen molar-refractivity contribution >= 4 is 11.9 Å². The Kier molecular flexibility index (Phi) is 6.44. The number of fused-ring (bicyclic) bond motifs is 2. The summed E-state index contributed by atoms with van der Waals surface area (Å²) in [7, 11) is 0. The molecule has 3 aromatic rings. The Hall–Kier alpha value is -3.80. The van der Waals surface area contributed by atoms with Crippen molar-refractivity contribution < 1.29 is 24.2 Å². The molecule has 0 aliphatic carbocycles. The number of benzene rings is 3. The van der Waals surface area contributed by atoms with Crippen molar-refractivity contribution in [2.24, 2.45) is 0 Å². The van der Waals surface area contributed by atoms with Crippen LogP contribution in [0.5, 0.6) is 11.5 Å². The molecule has 0 fully saturated rings. The number of hydrogen-bond acceptors (Lipinski definition) is 4. The molecule has 0 saturated carbocycles. The molecule has 1 amide bonds. The van der Waals surface area contributed by atoms with E-state index < -0.39 is 5.97 Å². The minimum absolute atomic E-state index is 0.0268. The number of nitrogens with zero attached hydrogens (tertiary/aromatic N) is 1. The van der Waals surface area contributed by atoms with Crippen LogP contribution < -0.4 is 9.47 Å². The topological polar surface area (TPSA) is 76.1 Å². The second-order valence-electron chi connectivity index (χ2n) is 9.81. The van der Waals surface area contributed by atoms with Crippen LogP contribution in [0.4, 0.5) is 0 Å². The van der Waals surface area contributed by atoms with Crippen LogP contribution in [0.25, 0.3) is 0 Å². The minimum Gasteiger partial charge on any atom is -0.486 e. The summed E-state index contributed by atoms with van der Waals surface area (Å²) < 4.78 is 11.5. The summed E-state index contributed by atoms with van der Waals surface area (Å²) in [5.74, 6) is 0.176. The average molecular weight is 486 g/mol. The molecule has 0 radical (unpaired) electrons. The van der Waals surface area contributed by atoms with E-state index in [2.05, 4.69) is 12.1 Å². The van der Waals surface area contributed by atoms with E-state index in [-0.39, 0.29) is 18.2 Å². The number of hydrogen-bond donors (Lipinski definition) is 1. The van der Waals surface area contributed by atoms with Crippen LogP contribution in [0.3, 0.4) is 0 Å². The highest BCUT2D eigenvalue weighted by molar-refractivity contribution is 5.94. The molecule has 2 heterocycles. The van der Waals surface area contributed by atoms with Crippen LogP contribution in [0.2, 0.25) is 0 Å². The van der Waals surface area contributed by atoms with E-state index in [1.807, 2.05) is 62.1 Å². The maximum Gasteiger partial charge on any atom is 0.304 e. The van der Waals surface area contributed by atoms with Gasteiger partial charge in [0.1, 0.15) is 13.2 Å². The maximum atomic E-state index is 13.3. The number of amides is 1. The number of carboxylic acid groups (broad SMARTS) is 1. The standard InChI is InChI=1S/C30H31NO5/c1-18-4-5-23(12-19(18)2)30(34)31-9-8-21-6-7-22(14-24(21)17-31)26(16-29(32)33)25-15-28-27(13-20(25)3)35-10-11-36-28/h4-7,12-15,26H,8-11,16-17H2,1-3H3,(H,32,33). The number of aryl methyl sites for hydroxylation is 3. The zero-order chi connectivity index (χ0) is 25.4. The third-order valence-corrected chi connectivity index (χ3v) is 7.37. The lowest BCUT2D eigenvalue weighted by atomic mass is 9.83. The van der Waals surface area contributed by atoms with Crippen molar-refractivity contribution in [1.29, 1.82) is 0 Å². The van der Waals surface area contributed by atoms with Crippen molar-refractivity contribution in [2.45, 2.75) is 46.1 Å². The highest BCUT2D eigenvalue weighted by atomic mass is 16.6. The lowest BCUT2D eigenvalue weighted by molar-refractivity contribution is -0.137. The summed E-state index contributed by atoms with van der Waals surface area (Å²) in [6.45, 7) is 8.19. The minimum atomic E-state index is -0.862. The number of aliphatic carboxylic acids is 1. The van der Waals surface area contributed by atoms with Gasteiger partial charge in [-0.1, -0.05) is 24.3 Å². The van der Waals surface area contributed by atoms with E-state index in [4.69, 9.17) is 9.47 Å². The Morgan fingerprint density at radius 2 is 1.64 bits per heavy atom. The molecule has 0 bridgehead atoms. The molecule has 1 unspecified atom stereocenters. The van der Waals surface area contributed by atoms with Crippen LogP contribution >= 0.6 is 0 Å². The maximum absolute atomic E-state index is 13.3. The Bertz CT molecular complexity index is 1350. The van der Waals surface area contributed by atoms with Crippen LogP contribution in [0, 0.1) is 20.8 Å². The number of carbonyl (C=O) groups is 2. The molecule has 6 heteroatoms. The number of carbonyl (C=O) groups excluding carboxylic acids is 1. The van der Waals surface area contributed by atoms with Crippen molar-refractivity contribution in [3.8, 4) is 11.5 Å². The molecule has 6 nitrogen and oxygen atoms in total. The highest BCUT2D eigenvalue weighted by Crippen LogP contribution is 2.39. The smallest absolute Gasteiger partial charge is 0.304 e. The molecule has 2 aliphatic heterocycles. The lowest BCUT2D eigenvalue weighted by Crippen LogP contribution is -2.36. The molecule has 186 valence electrons. The summed E-state index contributed by atoms with van der Waals surface area (Å²) in [5, 5.41) is 9.75. The first-order valence-corrected chi connectivity index (χ1v) is 12.4. The van der Waals surface area contributed by atoms with E-state index in [0.717, 1.165) is 34.2 Å². The number of ether oxygens (including phenoxy) is 2. The molecule has 0 saturated heterocycles. The first-order valence-electron chi connectivity index (χ1n) is 12.4. The van der Waals surface area contributed by atoms with Gasteiger partial charge in [-0.2, -0.15) is 0 Å². The Morgan fingerprint density at radius 1 is 0.889 bits per heavy atom. The van der Waals surface area contributed by atoms with Gasteiger partial charge in [0, 0.05) is 24.6 Å². The Labute approximate surface area is 211 Å². The molecular formula is C30H31NO5. The molecule has 2 aliphatic rings. The normalized spacial score (nSPS) is 15.2. The molecule has 0 aromatic heterocycles. The van der Waals surface area contributed by atoms with Crippen LogP contribution in [0.1, 0.15) is 61.6 Å². The van der Waals surface area contributed by atoms with Gasteiger partial charge < -0.3 is 19.5 Å². The van der Waals surface area contributed by atoms with Gasteiger partial charge >= 0.3 is 5.97 Å². The Morgan fingerprint density at radius 3 is 2.36 bits per heavy atom. The summed E-state index contributed by atoms with van der Waals surface area (Å²) >= 11 is 0. The fraction of sp³-hybridized carbons (Fsp3) is 0.333. The van der Waals surface area contributed by atoms with E-state index >= 15 is 0 Å². The van der Waals surface area contributed by atoms with E-state index in [0.29, 0.717) is 43.4 Å². The van der Waals surface area contributed by atoms with Gasteiger partial charge in [-0.15, -0.1) is 0 Å². The van der Waals surface area contributed by atoms with E-state index in [1.165, 1.54) is 11.1 Å². The highest BCUT2D eigenvalue weighted by Gasteiger charge is 2.27. The van der Waals surface area contributed by atoms with Gasteiger partial charge in [-0.05, 0) is 90.4 Å². The molecule has 1 N–H and O–H groups in total. The summed E-state index contributed by atoms with van der Waals surface area (Å²) in [6, 6.07) is 15.9. The van der Waals surface area contributed by atoms with E-state index in [1.54, 1.807) is 0 Å². The van der Waals surface area contributed by atoms with Gasteiger partial charge in [0.15, 0.2) is 11.5 Å². The molecular weight excluding hydrogens is 454 g/mol. The summed E-state index contributed by atoms with van der Waals surface area (Å²) in [6.07, 6.45) is 0.739. The van der Waals surface area contributed by atoms with Crippen molar-refractivity contribution in [3.05, 3.63) is 93.0 Å². The molecule has 0 spiro atoms. The van der Waals surface area contributed by atoms with Crippen LogP contribution in [-0.2, 0) is 17.8 Å². The van der Waals surface area contributed by atoms with Crippen LogP contribution in [0.15, 0.2) is 48.5 Å². The summed E-state index contributed by atoms with van der Waals surface area (Å²) in [4.78, 5) is 27.0. The monoisotopic (exact) mass is 485 g/mol. The zero-order valence-electron chi connectivity index (χ0n) is 21.0. The quantitative estimate of drug-likeness (QED) is 0.538. The molecule has 1 atom stereocenters. The SMILES string of the molecule is Cc1ccc(C(=O)N2CCc3ccc(C(CC(=O)O)c4cc5c(cc4C)OCCO5)cc3C2)cc1C. The van der Waals surface area contributed by atoms with Gasteiger partial charge in [0.2, 0.25) is 0 Å². The second kappa shape index (κ2) is 9.69. The van der Waals surface area contributed by atoms with Gasteiger partial charge in [0.25, 0.3) is 5.91 Å². The molecule has 5 rings (SSSR count). The first kappa shape index (κ1) is 23.9.